The van der Waals surface area contributed by atoms with E-state index in [0.29, 0.717) is 25.4 Å². The number of para-hydroxylation sites is 1. The molecule has 1 atom stereocenters. The third kappa shape index (κ3) is 8.36. The van der Waals surface area contributed by atoms with Crippen molar-refractivity contribution in [1.82, 2.24) is 9.80 Å². The summed E-state index contributed by atoms with van der Waals surface area (Å²) in [6.45, 7) is 8.01. The molecule has 2 aliphatic rings. The molecule has 4 aromatic rings. The summed E-state index contributed by atoms with van der Waals surface area (Å²) in [6, 6.07) is 25.9. The Kier molecular flexibility index (Phi) is 10.5. The smallest absolute Gasteiger partial charge is 0.416 e. The van der Waals surface area contributed by atoms with Crippen LogP contribution in [0.3, 0.4) is 0 Å². The van der Waals surface area contributed by atoms with Crippen molar-refractivity contribution < 1.29 is 27.4 Å². The Labute approximate surface area is 291 Å². The van der Waals surface area contributed by atoms with E-state index in [2.05, 4.69) is 32.4 Å². The van der Waals surface area contributed by atoms with Gasteiger partial charge in [-0.3, -0.25) is 9.69 Å². The van der Waals surface area contributed by atoms with Crippen LogP contribution < -0.4 is 9.64 Å². The standard InChI is InChI=1S/C36H37F3IN3O3S/c1-35(40,25-46-29-13-11-26-7-2-3-8-27(26)23-29)34(44)45-22-21-42-19-17-41(18-20-42)15-6-16-43-30-9-4-5-10-32(30)47-33-14-12-28(24-31(33)43)36(37,38)39/h2-5,7-14,23-24H,6,15-22,25H2,1H3. The number of ether oxygens (including phenoxy) is 2. The fraction of sp³-hybridized carbons (Fsp3) is 0.361. The van der Waals surface area contributed by atoms with Gasteiger partial charge in [0.25, 0.3) is 0 Å². The molecule has 6 nitrogen and oxygen atoms in total. The lowest BCUT2D eigenvalue weighted by atomic mass is 10.1. The predicted molar refractivity (Wildman–Crippen MR) is 189 cm³/mol. The van der Waals surface area contributed by atoms with Crippen LogP contribution in [0.1, 0.15) is 18.9 Å². The van der Waals surface area contributed by atoms with Gasteiger partial charge in [0.05, 0.1) is 16.9 Å². The lowest BCUT2D eigenvalue weighted by molar-refractivity contribution is -0.146. The number of benzene rings is 4. The zero-order valence-corrected chi connectivity index (χ0v) is 29.1. The van der Waals surface area contributed by atoms with Crippen LogP contribution in [0, 0.1) is 0 Å². The van der Waals surface area contributed by atoms with Crippen LogP contribution in [0.5, 0.6) is 5.75 Å². The molecule has 0 saturated carbocycles. The number of anilines is 2. The van der Waals surface area contributed by atoms with Crippen LogP contribution in [0.4, 0.5) is 24.5 Å². The molecular formula is C36H37F3IN3O3S. The molecule has 1 saturated heterocycles. The van der Waals surface area contributed by atoms with E-state index in [9.17, 15) is 18.0 Å². The van der Waals surface area contributed by atoms with Gasteiger partial charge in [-0.2, -0.15) is 13.2 Å². The molecule has 4 aromatic carbocycles. The molecule has 0 amide bonds. The van der Waals surface area contributed by atoms with Gasteiger partial charge in [-0.15, -0.1) is 0 Å². The molecule has 1 fully saturated rings. The zero-order chi connectivity index (χ0) is 33.0. The number of carbonyl (C=O) groups is 1. The lowest BCUT2D eigenvalue weighted by Crippen LogP contribution is -2.48. The summed E-state index contributed by atoms with van der Waals surface area (Å²) in [6.07, 6.45) is -3.56. The van der Waals surface area contributed by atoms with Gasteiger partial charge in [-0.05, 0) is 73.1 Å². The van der Waals surface area contributed by atoms with Gasteiger partial charge in [0.2, 0.25) is 0 Å². The first-order valence-corrected chi connectivity index (χ1v) is 17.6. The maximum atomic E-state index is 13.5. The molecule has 0 bridgehead atoms. The second-order valence-electron chi connectivity index (χ2n) is 12.1. The van der Waals surface area contributed by atoms with Crippen molar-refractivity contribution in [2.45, 2.75) is 32.7 Å². The van der Waals surface area contributed by atoms with Crippen LogP contribution in [-0.4, -0.2) is 78.2 Å². The van der Waals surface area contributed by atoms with E-state index in [1.165, 1.54) is 23.9 Å². The zero-order valence-electron chi connectivity index (χ0n) is 26.1. The second-order valence-corrected chi connectivity index (χ2v) is 15.5. The molecule has 248 valence electrons. The molecule has 0 aliphatic carbocycles. The van der Waals surface area contributed by atoms with E-state index in [0.717, 1.165) is 71.1 Å². The van der Waals surface area contributed by atoms with Crippen molar-refractivity contribution in [2.24, 2.45) is 0 Å². The Morgan fingerprint density at radius 3 is 2.26 bits per heavy atom. The second kappa shape index (κ2) is 14.6. The molecule has 0 N–H and O–H groups in total. The van der Waals surface area contributed by atoms with Gasteiger partial charge in [-0.25, -0.2) is 0 Å². The Balaban J connectivity index is 0.933. The van der Waals surface area contributed by atoms with Crippen LogP contribution in [-0.2, 0) is 15.7 Å². The van der Waals surface area contributed by atoms with Gasteiger partial charge in [0.15, 0.2) is 3.42 Å². The molecule has 1 unspecified atom stereocenters. The Bertz CT molecular complexity index is 1710. The van der Waals surface area contributed by atoms with E-state index < -0.39 is 15.2 Å². The number of hydrogen-bond acceptors (Lipinski definition) is 7. The van der Waals surface area contributed by atoms with Crippen LogP contribution in [0.15, 0.2) is 94.7 Å². The van der Waals surface area contributed by atoms with Crippen molar-refractivity contribution in [3.8, 4) is 5.75 Å². The molecule has 2 heterocycles. The average molecular weight is 776 g/mol. The van der Waals surface area contributed by atoms with Crippen molar-refractivity contribution >= 4 is 62.5 Å². The number of fused-ring (bicyclic) bond motifs is 3. The summed E-state index contributed by atoms with van der Waals surface area (Å²) >= 11 is 3.62. The number of hydrogen-bond donors (Lipinski definition) is 0. The quantitative estimate of drug-likeness (QED) is 0.0864. The highest BCUT2D eigenvalue weighted by Crippen LogP contribution is 2.49. The summed E-state index contributed by atoms with van der Waals surface area (Å²) < 4.78 is 51.4. The number of carbonyl (C=O) groups excluding carboxylic acids is 1. The molecule has 0 radical (unpaired) electrons. The SMILES string of the molecule is CC(I)(COc1ccc2ccccc2c1)C(=O)OCCN1CCN(CCCN2c3ccccc3Sc3ccc(C(F)(F)F)cc32)CC1. The topological polar surface area (TPSA) is 45.3 Å². The van der Waals surface area contributed by atoms with E-state index in [1.807, 2.05) is 78.6 Å². The number of nitrogens with zero attached hydrogens (tertiary/aromatic N) is 3. The van der Waals surface area contributed by atoms with Crippen LogP contribution in [0.25, 0.3) is 10.8 Å². The van der Waals surface area contributed by atoms with Gasteiger partial charge in [0, 0.05) is 49.1 Å². The first kappa shape index (κ1) is 33.9. The highest BCUT2D eigenvalue weighted by atomic mass is 127. The molecule has 47 heavy (non-hydrogen) atoms. The number of halogens is 4. The largest absolute Gasteiger partial charge is 0.492 e. The summed E-state index contributed by atoms with van der Waals surface area (Å²) in [5.41, 5.74) is 0.942. The minimum Gasteiger partial charge on any atom is -0.492 e. The maximum absolute atomic E-state index is 13.5. The summed E-state index contributed by atoms with van der Waals surface area (Å²) in [5.74, 6) is 0.427. The Hall–Kier alpha value is -3.00. The highest BCUT2D eigenvalue weighted by Gasteiger charge is 2.34. The lowest BCUT2D eigenvalue weighted by Gasteiger charge is -2.36. The van der Waals surface area contributed by atoms with E-state index in [1.54, 1.807) is 6.07 Å². The number of rotatable bonds is 11. The summed E-state index contributed by atoms with van der Waals surface area (Å²) in [5, 5.41) is 2.22. The fourth-order valence-electron chi connectivity index (χ4n) is 5.89. The molecule has 0 aromatic heterocycles. The first-order valence-electron chi connectivity index (χ1n) is 15.7. The first-order chi connectivity index (χ1) is 22.6. The van der Waals surface area contributed by atoms with Gasteiger partial charge < -0.3 is 19.3 Å². The van der Waals surface area contributed by atoms with E-state index in [4.69, 9.17) is 9.47 Å². The minimum atomic E-state index is -4.39. The highest BCUT2D eigenvalue weighted by molar-refractivity contribution is 14.1. The van der Waals surface area contributed by atoms with Crippen molar-refractivity contribution in [3.05, 3.63) is 90.5 Å². The van der Waals surface area contributed by atoms with Crippen LogP contribution >= 0.6 is 34.4 Å². The Morgan fingerprint density at radius 2 is 1.49 bits per heavy atom. The van der Waals surface area contributed by atoms with Crippen molar-refractivity contribution in [2.75, 3.05) is 63.9 Å². The minimum absolute atomic E-state index is 0.209. The molecule has 0 spiro atoms. The third-order valence-corrected chi connectivity index (χ3v) is 10.5. The van der Waals surface area contributed by atoms with E-state index >= 15 is 0 Å². The number of esters is 1. The Morgan fingerprint density at radius 1 is 0.809 bits per heavy atom. The maximum Gasteiger partial charge on any atom is 0.416 e. The normalized spacial score (nSPS) is 16.7. The predicted octanol–water partition coefficient (Wildman–Crippen LogP) is 8.28. The molecule has 11 heteroatoms. The molecule has 2 aliphatic heterocycles. The molecular weight excluding hydrogens is 738 g/mol. The van der Waals surface area contributed by atoms with Crippen molar-refractivity contribution in [1.29, 1.82) is 0 Å². The van der Waals surface area contributed by atoms with Crippen molar-refractivity contribution in [3.63, 3.8) is 0 Å². The van der Waals surface area contributed by atoms with Crippen LogP contribution in [0.2, 0.25) is 0 Å². The van der Waals surface area contributed by atoms with Gasteiger partial charge >= 0.3 is 12.1 Å². The van der Waals surface area contributed by atoms with Gasteiger partial charge in [0.1, 0.15) is 19.0 Å². The monoisotopic (exact) mass is 775 g/mol. The van der Waals surface area contributed by atoms with Gasteiger partial charge in [-0.1, -0.05) is 76.8 Å². The summed E-state index contributed by atoms with van der Waals surface area (Å²) in [7, 11) is 0. The number of piperazine rings is 1. The number of alkyl halides is 4. The summed E-state index contributed by atoms with van der Waals surface area (Å²) in [4.78, 5) is 21.5. The average Bonchev–Trinajstić information content (AvgIpc) is 3.07. The third-order valence-electron chi connectivity index (χ3n) is 8.57. The van der Waals surface area contributed by atoms with E-state index in [-0.39, 0.29) is 12.6 Å². The fourth-order valence-corrected chi connectivity index (χ4v) is 7.28. The molecule has 6 rings (SSSR count).